The van der Waals surface area contributed by atoms with Gasteiger partial charge in [-0.15, -0.1) is 16.9 Å². The maximum absolute atomic E-state index is 13.2. The molecule has 4 rings (SSSR count). The summed E-state index contributed by atoms with van der Waals surface area (Å²) in [5.74, 6) is -1.25. The summed E-state index contributed by atoms with van der Waals surface area (Å²) in [6, 6.07) is 5.63. The van der Waals surface area contributed by atoms with Crippen molar-refractivity contribution in [1.82, 2.24) is 10.6 Å². The van der Waals surface area contributed by atoms with Crippen LogP contribution in [-0.2, 0) is 37.9 Å². The van der Waals surface area contributed by atoms with Gasteiger partial charge in [0.25, 0.3) is 5.69 Å². The predicted molar refractivity (Wildman–Crippen MR) is 161 cm³/mol. The number of rotatable bonds is 12. The summed E-state index contributed by atoms with van der Waals surface area (Å²) in [6.45, 7) is 4.04. The average molecular weight is 670 g/mol. The van der Waals surface area contributed by atoms with Crippen molar-refractivity contribution in [2.24, 2.45) is 11.7 Å². The Morgan fingerprint density at radius 1 is 1.09 bits per heavy atom. The average Bonchev–Trinajstić information content (AvgIpc) is 3.04. The quantitative estimate of drug-likeness (QED) is 0.126. The normalized spacial score (nSPS) is 21.0. The van der Waals surface area contributed by atoms with Gasteiger partial charge in [-0.05, 0) is 90.5 Å². The number of hydrazine groups is 1. The van der Waals surface area contributed by atoms with E-state index in [4.69, 9.17) is 34.2 Å². The third kappa shape index (κ3) is 9.41. The number of carbonyl (C=O) groups is 2. The van der Waals surface area contributed by atoms with E-state index in [-0.39, 0.29) is 30.6 Å². The molecule has 0 amide bonds. The van der Waals surface area contributed by atoms with Gasteiger partial charge in [-0.1, -0.05) is 0 Å². The van der Waals surface area contributed by atoms with Crippen LogP contribution >= 0.6 is 20.6 Å². The lowest BCUT2D eigenvalue weighted by Crippen LogP contribution is -2.57. The van der Waals surface area contributed by atoms with Crippen LogP contribution in [0, 0.1) is 16.0 Å². The fourth-order valence-corrected chi connectivity index (χ4v) is 5.29. The molecule has 1 aromatic rings. The number of nitrogens with two attached hydrogens (primary N) is 1. The third-order valence-electron chi connectivity index (χ3n) is 7.37. The van der Waals surface area contributed by atoms with Gasteiger partial charge in [-0.25, -0.2) is 19.4 Å². The second-order valence-corrected chi connectivity index (χ2v) is 11.5. The highest BCUT2D eigenvalue weighted by Gasteiger charge is 2.45. The molecular formula is C28H35ClN4O11P+. The topological polar surface area (TPSA) is 200 Å². The molecule has 0 aromatic heterocycles. The Balaban J connectivity index is 0.00000552. The van der Waals surface area contributed by atoms with Gasteiger partial charge in [0, 0.05) is 31.8 Å². The van der Waals surface area contributed by atoms with Gasteiger partial charge in [-0.2, -0.15) is 5.43 Å². The number of hydrogen-bond acceptors (Lipinski definition) is 13. The molecule has 3 aliphatic rings. The summed E-state index contributed by atoms with van der Waals surface area (Å²) in [5, 5.41) is 13.3. The largest absolute Gasteiger partial charge is 0.628 e. The maximum atomic E-state index is 13.2. The van der Waals surface area contributed by atoms with E-state index in [1.165, 1.54) is 50.5 Å². The lowest BCUT2D eigenvalue weighted by atomic mass is 9.81. The highest BCUT2D eigenvalue weighted by Crippen LogP contribution is 2.30. The molecule has 45 heavy (non-hydrogen) atoms. The number of ether oxygens (including phenoxy) is 3. The van der Waals surface area contributed by atoms with Crippen molar-refractivity contribution in [3.8, 4) is 5.75 Å². The van der Waals surface area contributed by atoms with Crippen molar-refractivity contribution in [2.45, 2.75) is 50.3 Å². The highest BCUT2D eigenvalue weighted by molar-refractivity contribution is 7.36. The molecule has 1 aromatic carbocycles. The summed E-state index contributed by atoms with van der Waals surface area (Å²) < 4.78 is 34.5. The Kier molecular flexibility index (Phi) is 12.8. The summed E-state index contributed by atoms with van der Waals surface area (Å²) in [5.41, 5.74) is 6.15. The third-order valence-corrected chi connectivity index (χ3v) is 8.13. The zero-order chi connectivity index (χ0) is 31.7. The van der Waals surface area contributed by atoms with E-state index in [0.717, 1.165) is 0 Å². The molecule has 2 heterocycles. The summed E-state index contributed by atoms with van der Waals surface area (Å²) in [6.07, 6.45) is 10.3. The molecular weight excluding hydrogens is 635 g/mol. The van der Waals surface area contributed by atoms with Gasteiger partial charge in [0.2, 0.25) is 0 Å². The lowest BCUT2D eigenvalue weighted by molar-refractivity contribution is -0.384. The van der Waals surface area contributed by atoms with E-state index in [1.54, 1.807) is 24.3 Å². The van der Waals surface area contributed by atoms with E-state index in [0.29, 0.717) is 49.6 Å². The number of nitro benzene ring substituents is 1. The second-order valence-electron chi connectivity index (χ2n) is 10.5. The van der Waals surface area contributed by atoms with E-state index in [1.807, 2.05) is 0 Å². The molecule has 15 nitrogen and oxygen atoms in total. The fraction of sp³-hybridized carbons (Fsp3) is 0.429. The molecule has 17 heteroatoms. The Morgan fingerprint density at radius 3 is 2.38 bits per heavy atom. The first-order valence-electron chi connectivity index (χ1n) is 13.8. The van der Waals surface area contributed by atoms with Crippen molar-refractivity contribution in [2.75, 3.05) is 19.8 Å². The number of carbonyl (C=O) groups excluding carboxylic acids is 2. The van der Waals surface area contributed by atoms with Crippen LogP contribution in [0.5, 0.6) is 5.75 Å². The van der Waals surface area contributed by atoms with Crippen molar-refractivity contribution in [3.05, 3.63) is 82.4 Å². The highest BCUT2D eigenvalue weighted by atomic mass is 35.5. The van der Waals surface area contributed by atoms with Gasteiger partial charge < -0.3 is 19.9 Å². The molecule has 2 aliphatic heterocycles. The summed E-state index contributed by atoms with van der Waals surface area (Å²) >= 11 is 0. The Hall–Kier alpha value is -3.69. The number of nitro groups is 1. The number of non-ortho nitro benzene ring substituents is 1. The number of hydrogen-bond donors (Lipinski definition) is 3. The van der Waals surface area contributed by atoms with Gasteiger partial charge in [-0.3, -0.25) is 10.1 Å². The molecule has 0 spiro atoms. The van der Waals surface area contributed by atoms with E-state index in [2.05, 4.69) is 10.6 Å². The van der Waals surface area contributed by atoms with Gasteiger partial charge in [0.1, 0.15) is 29.8 Å². The van der Waals surface area contributed by atoms with Crippen LogP contribution in [0.2, 0.25) is 0 Å². The van der Waals surface area contributed by atoms with E-state index in [9.17, 15) is 24.3 Å². The minimum Gasteiger partial charge on any atom is -0.497 e. The number of benzene rings is 1. The molecule has 4 atom stereocenters. The number of nitrogens with one attached hydrogen (secondary N) is 2. The van der Waals surface area contributed by atoms with E-state index < -0.39 is 42.2 Å². The standard InChI is InChI=1S/C28H34N4O11P.ClH/c1-27(29,19-11-15-38-16-12-19)25(33)41-42-26(34)28(2,20-13-17-39-18-14-20)30-31-44(37)43-24-9-7-23(8-10-24)40-22-5-3-21(4-6-22)32(35)36;/h3-9,13-14,17,19,24,30H,10-12,15-16,18,29H2,1-2H3,(H,31,37);1H/q+1;. The van der Waals surface area contributed by atoms with Gasteiger partial charge in [0.15, 0.2) is 5.54 Å². The minimum atomic E-state index is -2.56. The van der Waals surface area contributed by atoms with Crippen LogP contribution in [0.25, 0.3) is 0 Å². The first-order chi connectivity index (χ1) is 21.0. The van der Waals surface area contributed by atoms with Crippen LogP contribution in [0.15, 0.2) is 72.2 Å². The van der Waals surface area contributed by atoms with E-state index >= 15 is 0 Å². The Bertz CT molecular complexity index is 1380. The first kappa shape index (κ1) is 35.8. The molecule has 0 saturated carbocycles. The molecule has 1 fully saturated rings. The molecule has 1 aliphatic carbocycles. The molecule has 0 bridgehead atoms. The van der Waals surface area contributed by atoms with Gasteiger partial charge >= 0.3 is 20.1 Å². The zero-order valence-corrected chi connectivity index (χ0v) is 26.3. The Labute approximate surface area is 266 Å². The zero-order valence-electron chi connectivity index (χ0n) is 24.5. The molecule has 1 saturated heterocycles. The van der Waals surface area contributed by atoms with Crippen molar-refractivity contribution < 1.29 is 47.6 Å². The number of nitrogens with zero attached hydrogens (tertiary/aromatic N) is 1. The smallest absolute Gasteiger partial charge is 0.497 e. The molecule has 0 radical (unpaired) electrons. The molecule has 4 N–H and O–H groups in total. The molecule has 4 unspecified atom stereocenters. The fourth-order valence-electron chi connectivity index (χ4n) is 4.52. The number of halogens is 1. The van der Waals surface area contributed by atoms with Crippen LogP contribution in [0.1, 0.15) is 33.1 Å². The van der Waals surface area contributed by atoms with Crippen molar-refractivity contribution in [1.29, 1.82) is 0 Å². The number of allylic oxidation sites excluding steroid dienone is 1. The van der Waals surface area contributed by atoms with Crippen LogP contribution in [0.4, 0.5) is 5.69 Å². The maximum Gasteiger partial charge on any atom is 0.628 e. The minimum absolute atomic E-state index is 0. The monoisotopic (exact) mass is 669 g/mol. The van der Waals surface area contributed by atoms with Gasteiger partial charge in [0.05, 0.1) is 11.2 Å². The molecule has 244 valence electrons. The predicted octanol–water partition coefficient (Wildman–Crippen LogP) is 3.75. The van der Waals surface area contributed by atoms with Crippen LogP contribution in [-0.4, -0.2) is 53.9 Å². The van der Waals surface area contributed by atoms with Crippen LogP contribution in [0.3, 0.4) is 0 Å². The SMILES string of the molecule is CC(NN[P+](=O)OC1C=CC(Oc2ccc([N+](=O)[O-])cc2)=CC1)(C(=O)OOC(=O)C(C)(N)C1CCOCC1)C1=CCOC=C1.Cl. The summed E-state index contributed by atoms with van der Waals surface area (Å²) in [4.78, 5) is 46.1. The van der Waals surface area contributed by atoms with Crippen molar-refractivity contribution >= 4 is 38.2 Å². The lowest BCUT2D eigenvalue weighted by Gasteiger charge is -2.34. The summed E-state index contributed by atoms with van der Waals surface area (Å²) in [7, 11) is -2.56. The first-order valence-corrected chi connectivity index (χ1v) is 14.9. The Morgan fingerprint density at radius 2 is 1.78 bits per heavy atom. The second kappa shape index (κ2) is 16.0. The van der Waals surface area contributed by atoms with Crippen molar-refractivity contribution in [3.63, 3.8) is 0 Å². The van der Waals surface area contributed by atoms with Crippen LogP contribution < -0.4 is 21.1 Å².